The van der Waals surface area contributed by atoms with Crippen LogP contribution < -0.4 is 11.1 Å². The van der Waals surface area contributed by atoms with Gasteiger partial charge < -0.3 is 16.0 Å². The summed E-state index contributed by atoms with van der Waals surface area (Å²) in [7, 11) is 0. The number of nitrogens with zero attached hydrogens (tertiary/aromatic N) is 1. The van der Waals surface area contributed by atoms with Gasteiger partial charge in [-0.3, -0.25) is 9.59 Å². The molecule has 1 fully saturated rings. The van der Waals surface area contributed by atoms with Crippen LogP contribution in [0.2, 0.25) is 0 Å². The van der Waals surface area contributed by atoms with Gasteiger partial charge >= 0.3 is 0 Å². The molecule has 1 saturated heterocycles. The van der Waals surface area contributed by atoms with Gasteiger partial charge in [0.2, 0.25) is 11.8 Å². The van der Waals surface area contributed by atoms with Crippen LogP contribution >= 0.6 is 0 Å². The van der Waals surface area contributed by atoms with Crippen molar-refractivity contribution in [2.45, 2.75) is 46.0 Å². The van der Waals surface area contributed by atoms with Crippen molar-refractivity contribution in [2.24, 2.45) is 17.6 Å². The Bertz CT molecular complexity index is 320. The molecule has 3 N–H and O–H groups in total. The fourth-order valence-electron chi connectivity index (χ4n) is 2.74. The maximum Gasteiger partial charge on any atom is 0.222 e. The van der Waals surface area contributed by atoms with E-state index in [4.69, 9.17) is 5.73 Å². The Hall–Kier alpha value is -1.10. The summed E-state index contributed by atoms with van der Waals surface area (Å²) in [5.74, 6) is 0.0778. The summed E-state index contributed by atoms with van der Waals surface area (Å²) in [5, 5.41) is 2.98. The minimum Gasteiger partial charge on any atom is -0.369 e. The Labute approximate surface area is 122 Å². The minimum atomic E-state index is -0.184. The number of nitrogens with one attached hydrogen (secondary N) is 1. The van der Waals surface area contributed by atoms with Crippen LogP contribution in [0.4, 0.5) is 0 Å². The van der Waals surface area contributed by atoms with Crippen molar-refractivity contribution in [3.05, 3.63) is 0 Å². The van der Waals surface area contributed by atoms with Crippen LogP contribution in [0, 0.1) is 11.8 Å². The third-order valence-electron chi connectivity index (χ3n) is 4.03. The van der Waals surface area contributed by atoms with Crippen LogP contribution in [0.1, 0.15) is 46.0 Å². The molecule has 5 heteroatoms. The molecular weight excluding hydrogens is 254 g/mol. The predicted molar refractivity (Wildman–Crippen MR) is 80.1 cm³/mol. The first-order chi connectivity index (χ1) is 9.54. The molecule has 0 aromatic heterocycles. The molecule has 20 heavy (non-hydrogen) atoms. The molecule has 2 amide bonds. The van der Waals surface area contributed by atoms with E-state index < -0.39 is 0 Å². The van der Waals surface area contributed by atoms with Gasteiger partial charge in [0.1, 0.15) is 0 Å². The topological polar surface area (TPSA) is 75.4 Å². The van der Waals surface area contributed by atoms with Gasteiger partial charge in [0.15, 0.2) is 0 Å². The summed E-state index contributed by atoms with van der Waals surface area (Å²) >= 11 is 0. The van der Waals surface area contributed by atoms with Gasteiger partial charge in [-0.25, -0.2) is 0 Å². The van der Waals surface area contributed by atoms with E-state index in [1.54, 1.807) is 0 Å². The standard InChI is InChI=1S/C15H29N3O2/c1-3-6-12(2)15(20)17-8-5-10-18-9-4-7-13(11-18)14(16)19/h12-13H,3-11H2,1-2H3,(H2,16,19)(H,17,20)/t12-,13-/m0/s1. The van der Waals surface area contributed by atoms with Crippen LogP contribution in [0.5, 0.6) is 0 Å². The highest BCUT2D eigenvalue weighted by molar-refractivity contribution is 5.78. The zero-order chi connectivity index (χ0) is 15.0. The van der Waals surface area contributed by atoms with Gasteiger partial charge in [-0.15, -0.1) is 0 Å². The predicted octanol–water partition coefficient (Wildman–Crippen LogP) is 1.13. The zero-order valence-corrected chi connectivity index (χ0v) is 12.9. The van der Waals surface area contributed by atoms with Gasteiger partial charge in [0, 0.05) is 19.0 Å². The van der Waals surface area contributed by atoms with E-state index in [1.807, 2.05) is 6.92 Å². The van der Waals surface area contributed by atoms with Crippen molar-refractivity contribution in [2.75, 3.05) is 26.2 Å². The van der Waals surface area contributed by atoms with Gasteiger partial charge in [-0.05, 0) is 38.8 Å². The Kier molecular flexibility index (Phi) is 7.59. The molecule has 0 saturated carbocycles. The molecule has 2 atom stereocenters. The summed E-state index contributed by atoms with van der Waals surface area (Å²) in [6, 6.07) is 0. The van der Waals surface area contributed by atoms with Crippen molar-refractivity contribution < 1.29 is 9.59 Å². The van der Waals surface area contributed by atoms with E-state index in [1.165, 1.54) is 0 Å². The maximum absolute atomic E-state index is 11.7. The summed E-state index contributed by atoms with van der Waals surface area (Å²) in [5.41, 5.74) is 5.36. The molecular formula is C15H29N3O2. The number of likely N-dealkylation sites (tertiary alicyclic amines) is 1. The highest BCUT2D eigenvalue weighted by Gasteiger charge is 2.23. The van der Waals surface area contributed by atoms with Crippen molar-refractivity contribution in [1.29, 1.82) is 0 Å². The number of hydrogen-bond donors (Lipinski definition) is 2. The summed E-state index contributed by atoms with van der Waals surface area (Å²) < 4.78 is 0. The Morgan fingerprint density at radius 1 is 1.45 bits per heavy atom. The first-order valence-electron chi connectivity index (χ1n) is 7.84. The molecule has 0 aromatic rings. The lowest BCUT2D eigenvalue weighted by molar-refractivity contribution is -0.124. The number of hydrogen-bond acceptors (Lipinski definition) is 3. The number of primary amides is 1. The molecule has 1 aliphatic heterocycles. The zero-order valence-electron chi connectivity index (χ0n) is 12.9. The molecule has 5 nitrogen and oxygen atoms in total. The quantitative estimate of drug-likeness (QED) is 0.656. The Balaban J connectivity index is 2.14. The molecule has 116 valence electrons. The molecule has 0 bridgehead atoms. The van der Waals surface area contributed by atoms with E-state index >= 15 is 0 Å². The molecule has 1 aliphatic rings. The lowest BCUT2D eigenvalue weighted by atomic mass is 9.97. The summed E-state index contributed by atoms with van der Waals surface area (Å²) in [6.07, 6.45) is 4.86. The molecule has 1 rings (SSSR count). The van der Waals surface area contributed by atoms with E-state index in [2.05, 4.69) is 17.1 Å². The van der Waals surface area contributed by atoms with Gasteiger partial charge in [0.05, 0.1) is 5.92 Å². The first-order valence-corrected chi connectivity index (χ1v) is 7.84. The number of piperidine rings is 1. The van der Waals surface area contributed by atoms with Crippen LogP contribution in [-0.4, -0.2) is 42.9 Å². The smallest absolute Gasteiger partial charge is 0.222 e. The summed E-state index contributed by atoms with van der Waals surface area (Å²) in [6.45, 7) is 7.51. The Morgan fingerprint density at radius 3 is 2.85 bits per heavy atom. The Morgan fingerprint density at radius 2 is 2.20 bits per heavy atom. The normalized spacial score (nSPS) is 21.4. The fourth-order valence-corrected chi connectivity index (χ4v) is 2.74. The molecule has 0 aliphatic carbocycles. The maximum atomic E-state index is 11.7. The minimum absolute atomic E-state index is 0.00270. The molecule has 0 spiro atoms. The third-order valence-corrected chi connectivity index (χ3v) is 4.03. The lowest BCUT2D eigenvalue weighted by Crippen LogP contribution is -2.42. The monoisotopic (exact) mass is 283 g/mol. The largest absolute Gasteiger partial charge is 0.369 e. The summed E-state index contributed by atoms with van der Waals surface area (Å²) in [4.78, 5) is 25.2. The second-order valence-corrected chi connectivity index (χ2v) is 5.88. The number of carbonyl (C=O) groups is 2. The first kappa shape index (κ1) is 17.0. The number of carbonyl (C=O) groups excluding carboxylic acids is 2. The molecule has 0 aromatic carbocycles. The highest BCUT2D eigenvalue weighted by Crippen LogP contribution is 2.15. The highest BCUT2D eigenvalue weighted by atomic mass is 16.2. The SMILES string of the molecule is CCC[C@H](C)C(=O)NCCCN1CCC[C@H](C(N)=O)C1. The molecule has 0 unspecified atom stereocenters. The second kappa shape index (κ2) is 8.95. The molecule has 1 heterocycles. The number of nitrogens with two attached hydrogens (primary N) is 1. The van der Waals surface area contributed by atoms with E-state index in [-0.39, 0.29) is 23.7 Å². The fraction of sp³-hybridized carbons (Fsp3) is 0.867. The average molecular weight is 283 g/mol. The van der Waals surface area contributed by atoms with Crippen LogP contribution in [0.15, 0.2) is 0 Å². The van der Waals surface area contributed by atoms with Gasteiger partial charge in [-0.2, -0.15) is 0 Å². The van der Waals surface area contributed by atoms with Gasteiger partial charge in [0.25, 0.3) is 0 Å². The number of rotatable bonds is 8. The van der Waals surface area contributed by atoms with Crippen molar-refractivity contribution in [1.82, 2.24) is 10.2 Å². The van der Waals surface area contributed by atoms with Crippen molar-refractivity contribution in [3.63, 3.8) is 0 Å². The second-order valence-electron chi connectivity index (χ2n) is 5.88. The number of amides is 2. The van der Waals surface area contributed by atoms with Crippen molar-refractivity contribution >= 4 is 11.8 Å². The molecule has 0 radical (unpaired) electrons. The average Bonchev–Trinajstić information content (AvgIpc) is 2.44. The van der Waals surface area contributed by atoms with Gasteiger partial charge in [-0.1, -0.05) is 20.3 Å². The van der Waals surface area contributed by atoms with Crippen LogP contribution in [0.25, 0.3) is 0 Å². The third kappa shape index (κ3) is 5.90. The van der Waals surface area contributed by atoms with E-state index in [0.29, 0.717) is 6.54 Å². The van der Waals surface area contributed by atoms with Crippen LogP contribution in [0.3, 0.4) is 0 Å². The van der Waals surface area contributed by atoms with Crippen molar-refractivity contribution in [3.8, 4) is 0 Å². The van der Waals surface area contributed by atoms with E-state index in [9.17, 15) is 9.59 Å². The van der Waals surface area contributed by atoms with E-state index in [0.717, 1.165) is 51.7 Å². The van der Waals surface area contributed by atoms with Crippen LogP contribution in [-0.2, 0) is 9.59 Å². The lowest BCUT2D eigenvalue weighted by Gasteiger charge is -2.31.